The average Bonchev–Trinajstić information content (AvgIpc) is 3.35. The van der Waals surface area contributed by atoms with Gasteiger partial charge in [0.1, 0.15) is 11.5 Å². The van der Waals surface area contributed by atoms with Crippen molar-refractivity contribution in [3.05, 3.63) is 66.4 Å². The maximum atomic E-state index is 12.3. The van der Waals surface area contributed by atoms with E-state index in [9.17, 15) is 15.0 Å². The average molecular weight is 363 g/mol. The van der Waals surface area contributed by atoms with Crippen LogP contribution in [0.15, 0.2) is 69.7 Å². The third-order valence-electron chi connectivity index (χ3n) is 3.75. The zero-order valence-corrected chi connectivity index (χ0v) is 13.8. The van der Waals surface area contributed by atoms with Crippen LogP contribution < -0.4 is 5.32 Å². The van der Waals surface area contributed by atoms with Gasteiger partial charge in [0.05, 0.1) is 11.8 Å². The Kier molecular flexibility index (Phi) is 4.06. The van der Waals surface area contributed by atoms with Crippen molar-refractivity contribution in [2.45, 2.75) is 0 Å². The minimum absolute atomic E-state index is 0.0432. The van der Waals surface area contributed by atoms with Crippen molar-refractivity contribution >= 4 is 11.6 Å². The van der Waals surface area contributed by atoms with Gasteiger partial charge in [0, 0.05) is 11.3 Å². The fourth-order valence-corrected chi connectivity index (χ4v) is 2.47. The fraction of sp³-hybridized carbons (Fsp3) is 0. The number of nitrogens with zero attached hydrogens (tertiary/aromatic N) is 2. The molecule has 0 radical (unpaired) electrons. The molecule has 27 heavy (non-hydrogen) atoms. The first-order valence-corrected chi connectivity index (χ1v) is 7.91. The van der Waals surface area contributed by atoms with Gasteiger partial charge in [-0.05, 0) is 48.5 Å². The summed E-state index contributed by atoms with van der Waals surface area (Å²) in [6.45, 7) is 0. The third kappa shape index (κ3) is 3.36. The number of aromatic nitrogens is 2. The molecule has 4 rings (SSSR count). The predicted molar refractivity (Wildman–Crippen MR) is 95.2 cm³/mol. The molecule has 0 unspecified atom stereocenters. The Morgan fingerprint density at radius 1 is 0.963 bits per heavy atom. The topological polar surface area (TPSA) is 122 Å². The predicted octanol–water partition coefficient (Wildman–Crippen LogP) is 3.66. The number of carbonyl (C=O) groups is 1. The van der Waals surface area contributed by atoms with Crippen LogP contribution in [-0.4, -0.2) is 26.3 Å². The maximum Gasteiger partial charge on any atom is 0.283 e. The summed E-state index contributed by atoms with van der Waals surface area (Å²) in [4.78, 5) is 12.3. The monoisotopic (exact) mass is 363 g/mol. The normalized spacial score (nSPS) is 10.7. The molecule has 1 amide bonds. The lowest BCUT2D eigenvalue weighted by molar-refractivity contribution is 0.102. The van der Waals surface area contributed by atoms with Crippen molar-refractivity contribution in [1.82, 2.24) is 10.2 Å². The Hall–Kier alpha value is -4.07. The number of nitrogens with one attached hydrogen (secondary N) is 1. The summed E-state index contributed by atoms with van der Waals surface area (Å²) in [6.07, 6.45) is 1.51. The van der Waals surface area contributed by atoms with Gasteiger partial charge < -0.3 is 24.4 Å². The van der Waals surface area contributed by atoms with Gasteiger partial charge in [0.25, 0.3) is 11.8 Å². The van der Waals surface area contributed by atoms with Gasteiger partial charge in [-0.25, -0.2) is 0 Å². The van der Waals surface area contributed by atoms with Crippen LogP contribution in [0.4, 0.5) is 5.69 Å². The highest BCUT2D eigenvalue weighted by atomic mass is 16.4. The van der Waals surface area contributed by atoms with Crippen LogP contribution in [0.1, 0.15) is 10.4 Å². The van der Waals surface area contributed by atoms with Crippen LogP contribution in [-0.2, 0) is 0 Å². The van der Waals surface area contributed by atoms with Crippen molar-refractivity contribution in [1.29, 1.82) is 0 Å². The molecule has 8 heteroatoms. The number of anilines is 1. The van der Waals surface area contributed by atoms with Crippen LogP contribution >= 0.6 is 0 Å². The first-order chi connectivity index (χ1) is 13.1. The van der Waals surface area contributed by atoms with E-state index in [4.69, 9.17) is 8.83 Å². The van der Waals surface area contributed by atoms with E-state index in [1.807, 2.05) is 0 Å². The van der Waals surface area contributed by atoms with E-state index in [0.29, 0.717) is 17.0 Å². The largest absolute Gasteiger partial charge is 0.508 e. The molecule has 2 aromatic heterocycles. The number of phenols is 2. The summed E-state index contributed by atoms with van der Waals surface area (Å²) >= 11 is 0. The lowest BCUT2D eigenvalue weighted by atomic mass is 10.1. The van der Waals surface area contributed by atoms with E-state index < -0.39 is 5.91 Å². The minimum Gasteiger partial charge on any atom is -0.508 e. The van der Waals surface area contributed by atoms with E-state index in [0.717, 1.165) is 0 Å². The van der Waals surface area contributed by atoms with Gasteiger partial charge >= 0.3 is 0 Å². The van der Waals surface area contributed by atoms with Gasteiger partial charge in [-0.1, -0.05) is 6.07 Å². The summed E-state index contributed by atoms with van der Waals surface area (Å²) in [5.41, 5.74) is 1.01. The summed E-state index contributed by atoms with van der Waals surface area (Å²) in [7, 11) is 0. The maximum absolute atomic E-state index is 12.3. The molecule has 0 aliphatic heterocycles. The zero-order valence-electron chi connectivity index (χ0n) is 13.8. The number of hydrogen-bond acceptors (Lipinski definition) is 7. The molecule has 0 atom stereocenters. The molecule has 0 spiro atoms. The molecular formula is C19H13N3O5. The highest BCUT2D eigenvalue weighted by Gasteiger charge is 2.15. The Labute approximate surface area is 152 Å². The number of hydrogen-bond donors (Lipinski definition) is 3. The smallest absolute Gasteiger partial charge is 0.283 e. The molecular weight excluding hydrogens is 350 g/mol. The van der Waals surface area contributed by atoms with Crippen molar-refractivity contribution < 1.29 is 23.8 Å². The van der Waals surface area contributed by atoms with Crippen LogP contribution in [0.25, 0.3) is 23.1 Å². The molecule has 0 fully saturated rings. The fourth-order valence-electron chi connectivity index (χ4n) is 2.47. The van der Waals surface area contributed by atoms with Gasteiger partial charge in [-0.3, -0.25) is 4.79 Å². The number of furan rings is 1. The van der Waals surface area contributed by atoms with Crippen LogP contribution in [0.5, 0.6) is 11.5 Å². The number of aromatic hydroxyl groups is 2. The molecule has 0 aliphatic carbocycles. The Balaban J connectivity index is 1.58. The van der Waals surface area contributed by atoms with Crippen molar-refractivity contribution in [2.75, 3.05) is 5.32 Å². The van der Waals surface area contributed by atoms with Crippen molar-refractivity contribution in [3.8, 4) is 34.6 Å². The standard InChI is InChI=1S/C19H13N3O5/c23-13-6-7-15(24)14(10-13)17(25)20-12-4-1-3-11(9-12)18-21-22-19(27-18)16-5-2-8-26-16/h1-10,23-24H,(H,20,25). The van der Waals surface area contributed by atoms with Gasteiger partial charge in [0.2, 0.25) is 5.89 Å². The number of carbonyl (C=O) groups excluding carboxylic acids is 1. The molecule has 3 N–H and O–H groups in total. The highest BCUT2D eigenvalue weighted by molar-refractivity contribution is 6.06. The Morgan fingerprint density at radius 3 is 2.63 bits per heavy atom. The van der Waals surface area contributed by atoms with E-state index >= 15 is 0 Å². The molecule has 4 aromatic rings. The van der Waals surface area contributed by atoms with Crippen molar-refractivity contribution in [3.63, 3.8) is 0 Å². The molecule has 8 nitrogen and oxygen atoms in total. The molecule has 134 valence electrons. The van der Waals surface area contributed by atoms with Crippen LogP contribution in [0, 0.1) is 0 Å². The zero-order chi connectivity index (χ0) is 18.8. The number of rotatable bonds is 4. The molecule has 0 saturated carbocycles. The first kappa shape index (κ1) is 16.4. The lowest BCUT2D eigenvalue weighted by Gasteiger charge is -2.08. The van der Waals surface area contributed by atoms with Crippen molar-refractivity contribution in [2.24, 2.45) is 0 Å². The van der Waals surface area contributed by atoms with E-state index in [-0.39, 0.29) is 28.8 Å². The van der Waals surface area contributed by atoms with E-state index in [1.165, 1.54) is 24.5 Å². The summed E-state index contributed by atoms with van der Waals surface area (Å²) in [5.74, 6) is 0.0382. The third-order valence-corrected chi connectivity index (χ3v) is 3.75. The quantitative estimate of drug-likeness (QED) is 0.473. The van der Waals surface area contributed by atoms with Crippen LogP contribution in [0.3, 0.4) is 0 Å². The second kappa shape index (κ2) is 6.68. The highest BCUT2D eigenvalue weighted by Crippen LogP contribution is 2.27. The second-order valence-corrected chi connectivity index (χ2v) is 5.63. The molecule has 2 heterocycles. The number of phenolic OH excluding ortho intramolecular Hbond substituents is 2. The summed E-state index contributed by atoms with van der Waals surface area (Å²) in [5, 5.41) is 29.9. The lowest BCUT2D eigenvalue weighted by Crippen LogP contribution is -2.12. The Bertz CT molecular complexity index is 1100. The summed E-state index contributed by atoms with van der Waals surface area (Å²) < 4.78 is 10.8. The van der Waals surface area contributed by atoms with Gasteiger partial charge in [0.15, 0.2) is 5.76 Å². The molecule has 2 aromatic carbocycles. The van der Waals surface area contributed by atoms with E-state index in [2.05, 4.69) is 15.5 Å². The minimum atomic E-state index is -0.567. The number of benzene rings is 2. The second-order valence-electron chi connectivity index (χ2n) is 5.63. The molecule has 0 aliphatic rings. The van der Waals surface area contributed by atoms with Gasteiger partial charge in [-0.15, -0.1) is 10.2 Å². The van der Waals surface area contributed by atoms with Crippen LogP contribution in [0.2, 0.25) is 0 Å². The van der Waals surface area contributed by atoms with E-state index in [1.54, 1.807) is 36.4 Å². The van der Waals surface area contributed by atoms with Gasteiger partial charge in [-0.2, -0.15) is 0 Å². The summed E-state index contributed by atoms with van der Waals surface area (Å²) in [6, 6.07) is 13.9. The first-order valence-electron chi connectivity index (χ1n) is 7.91. The SMILES string of the molecule is O=C(Nc1cccc(-c2nnc(-c3ccco3)o2)c1)c1cc(O)ccc1O. The Morgan fingerprint density at radius 2 is 1.81 bits per heavy atom. The number of amides is 1. The molecule has 0 bridgehead atoms. The molecule has 0 saturated heterocycles.